The molecule has 5 nitrogen and oxygen atoms in total. The summed E-state index contributed by atoms with van der Waals surface area (Å²) < 4.78 is 44.8. The highest BCUT2D eigenvalue weighted by molar-refractivity contribution is 14.0. The molecule has 2 rings (SSSR count). The van der Waals surface area contributed by atoms with Gasteiger partial charge in [-0.2, -0.15) is 13.2 Å². The number of halogens is 4. The van der Waals surface area contributed by atoms with Gasteiger partial charge in [0.2, 0.25) is 0 Å². The Hall–Kier alpha value is -1.56. The third-order valence-corrected chi connectivity index (χ3v) is 4.86. The van der Waals surface area contributed by atoms with E-state index in [1.807, 2.05) is 20.8 Å². The van der Waals surface area contributed by atoms with Gasteiger partial charge in [0.15, 0.2) is 5.96 Å². The number of aliphatic imine (C=N–C) groups is 1. The van der Waals surface area contributed by atoms with Crippen LogP contribution in [0, 0.1) is 13.8 Å². The summed E-state index contributed by atoms with van der Waals surface area (Å²) in [6.07, 6.45) is -4.47. The van der Waals surface area contributed by atoms with E-state index < -0.39 is 11.7 Å². The van der Waals surface area contributed by atoms with Gasteiger partial charge in [-0.05, 0) is 38.5 Å². The zero-order valence-corrected chi connectivity index (χ0v) is 19.3. The summed E-state index contributed by atoms with van der Waals surface area (Å²) in [5.41, 5.74) is 0.288. The highest BCUT2D eigenvalue weighted by Gasteiger charge is 2.33. The van der Waals surface area contributed by atoms with Crippen LogP contribution in [0.25, 0.3) is 0 Å². The second kappa shape index (κ2) is 10.8. The maximum absolute atomic E-state index is 13.3. The van der Waals surface area contributed by atoms with Crippen molar-refractivity contribution in [3.05, 3.63) is 44.9 Å². The minimum atomic E-state index is -4.47. The lowest BCUT2D eigenvalue weighted by Gasteiger charge is -2.14. The molecule has 0 spiro atoms. The van der Waals surface area contributed by atoms with Crippen LogP contribution in [-0.4, -0.2) is 24.6 Å². The average Bonchev–Trinajstić information content (AvgIpc) is 2.93. The number of methoxy groups -OCH3 is 1. The van der Waals surface area contributed by atoms with Crippen molar-refractivity contribution in [3.8, 4) is 5.75 Å². The second-order valence-electron chi connectivity index (χ2n) is 5.81. The van der Waals surface area contributed by atoms with E-state index in [4.69, 9.17) is 4.74 Å². The van der Waals surface area contributed by atoms with Crippen molar-refractivity contribution in [1.82, 2.24) is 15.6 Å². The van der Waals surface area contributed by atoms with Gasteiger partial charge in [0.05, 0.1) is 36.5 Å². The van der Waals surface area contributed by atoms with Crippen LogP contribution in [0.1, 0.15) is 33.6 Å². The monoisotopic (exact) mass is 528 g/mol. The lowest BCUT2D eigenvalue weighted by atomic mass is 10.1. The molecule has 0 aliphatic carbocycles. The number of aromatic nitrogens is 1. The summed E-state index contributed by atoms with van der Waals surface area (Å²) in [5.74, 6) is 0.614. The topological polar surface area (TPSA) is 58.5 Å². The molecule has 0 aliphatic heterocycles. The van der Waals surface area contributed by atoms with Crippen molar-refractivity contribution in [2.45, 2.75) is 40.0 Å². The van der Waals surface area contributed by atoms with Gasteiger partial charge in [-0.25, -0.2) is 9.98 Å². The quantitative estimate of drug-likeness (QED) is 0.326. The summed E-state index contributed by atoms with van der Waals surface area (Å²) in [5, 5.41) is 7.16. The van der Waals surface area contributed by atoms with Crippen LogP contribution < -0.4 is 15.4 Å². The van der Waals surface area contributed by atoms with Crippen LogP contribution in [0.15, 0.2) is 23.2 Å². The van der Waals surface area contributed by atoms with Crippen molar-refractivity contribution in [2.75, 3.05) is 13.7 Å². The number of guanidine groups is 1. The molecule has 0 aliphatic rings. The summed E-state index contributed by atoms with van der Waals surface area (Å²) in [6, 6.07) is 3.89. The van der Waals surface area contributed by atoms with Crippen LogP contribution in [0.3, 0.4) is 0 Å². The van der Waals surface area contributed by atoms with E-state index in [1.54, 1.807) is 11.3 Å². The van der Waals surface area contributed by atoms with Crippen LogP contribution in [0.4, 0.5) is 13.2 Å². The number of aryl methyl sites for hydroxylation is 2. The van der Waals surface area contributed by atoms with Crippen LogP contribution in [-0.2, 0) is 19.3 Å². The van der Waals surface area contributed by atoms with Crippen molar-refractivity contribution in [3.63, 3.8) is 0 Å². The zero-order chi connectivity index (χ0) is 20.0. The zero-order valence-electron chi connectivity index (χ0n) is 16.1. The van der Waals surface area contributed by atoms with Gasteiger partial charge in [0.1, 0.15) is 5.75 Å². The summed E-state index contributed by atoms with van der Waals surface area (Å²) in [4.78, 5) is 9.74. The van der Waals surface area contributed by atoms with E-state index in [9.17, 15) is 13.2 Å². The molecular formula is C18H24F3IN4OS. The number of nitrogens with zero attached hydrogens (tertiary/aromatic N) is 2. The Morgan fingerprint density at radius 1 is 1.25 bits per heavy atom. The fourth-order valence-electron chi connectivity index (χ4n) is 2.49. The molecule has 0 saturated carbocycles. The normalized spacial score (nSPS) is 11.8. The van der Waals surface area contributed by atoms with Crippen LogP contribution >= 0.6 is 35.3 Å². The van der Waals surface area contributed by atoms with Crippen molar-refractivity contribution in [2.24, 2.45) is 4.99 Å². The molecule has 2 aromatic rings. The Morgan fingerprint density at radius 3 is 2.50 bits per heavy atom. The molecule has 2 N–H and O–H groups in total. The minimum Gasteiger partial charge on any atom is -0.497 e. The Balaban J connectivity index is 0.00000392. The Morgan fingerprint density at radius 2 is 1.96 bits per heavy atom. The van der Waals surface area contributed by atoms with Gasteiger partial charge in [-0.1, -0.05) is 6.07 Å². The van der Waals surface area contributed by atoms with E-state index >= 15 is 0 Å². The van der Waals surface area contributed by atoms with Crippen molar-refractivity contribution < 1.29 is 17.9 Å². The average molecular weight is 528 g/mol. The van der Waals surface area contributed by atoms with Gasteiger partial charge in [-0.3, -0.25) is 0 Å². The largest absolute Gasteiger partial charge is 0.497 e. The predicted octanol–water partition coefficient (Wildman–Crippen LogP) is 4.66. The molecule has 0 unspecified atom stereocenters. The maximum atomic E-state index is 13.3. The van der Waals surface area contributed by atoms with Gasteiger partial charge >= 0.3 is 6.18 Å². The molecule has 28 heavy (non-hydrogen) atoms. The molecule has 0 amide bonds. The molecule has 1 aromatic heterocycles. The number of benzene rings is 1. The van der Waals surface area contributed by atoms with Gasteiger partial charge in [-0.15, -0.1) is 35.3 Å². The first-order valence-corrected chi connectivity index (χ1v) is 9.25. The number of ether oxygens (including phenoxy) is 1. The predicted molar refractivity (Wildman–Crippen MR) is 117 cm³/mol. The fourth-order valence-corrected chi connectivity index (χ4v) is 3.37. The molecule has 0 fully saturated rings. The molecule has 10 heteroatoms. The van der Waals surface area contributed by atoms with E-state index in [2.05, 4.69) is 20.6 Å². The third-order valence-electron chi connectivity index (χ3n) is 3.79. The Kier molecular flexibility index (Phi) is 9.48. The van der Waals surface area contributed by atoms with E-state index in [-0.39, 0.29) is 41.8 Å². The first-order chi connectivity index (χ1) is 12.7. The molecule has 0 atom stereocenters. The van der Waals surface area contributed by atoms with Gasteiger partial charge < -0.3 is 15.4 Å². The van der Waals surface area contributed by atoms with E-state index in [0.29, 0.717) is 19.0 Å². The minimum absolute atomic E-state index is 0. The molecule has 0 saturated heterocycles. The molecular weight excluding hydrogens is 504 g/mol. The van der Waals surface area contributed by atoms with Gasteiger partial charge in [0.25, 0.3) is 0 Å². The molecule has 0 radical (unpaired) electrons. The lowest BCUT2D eigenvalue weighted by molar-refractivity contribution is -0.138. The number of alkyl halides is 3. The van der Waals surface area contributed by atoms with Crippen LogP contribution in [0.2, 0.25) is 0 Å². The number of hydrogen-bond donors (Lipinski definition) is 2. The lowest BCUT2D eigenvalue weighted by Crippen LogP contribution is -2.36. The third kappa shape index (κ3) is 6.80. The summed E-state index contributed by atoms with van der Waals surface area (Å²) in [6.45, 7) is 6.77. The summed E-state index contributed by atoms with van der Waals surface area (Å²) >= 11 is 1.58. The highest BCUT2D eigenvalue weighted by Crippen LogP contribution is 2.34. The summed E-state index contributed by atoms with van der Waals surface area (Å²) in [7, 11) is 1.34. The van der Waals surface area contributed by atoms with E-state index in [0.717, 1.165) is 21.6 Å². The standard InChI is InChI=1S/C18H23F3N4OS.HI/c1-5-22-17(24-10-16-11(2)25-12(3)27-16)23-9-13-6-7-14(26-4)8-15(13)18(19,20)21;/h6-8H,5,9-10H2,1-4H3,(H2,22,23,24);1H. The SMILES string of the molecule is CCNC(=NCc1ccc(OC)cc1C(F)(F)F)NCc1sc(C)nc1C.I. The van der Waals surface area contributed by atoms with Crippen molar-refractivity contribution in [1.29, 1.82) is 0 Å². The van der Waals surface area contributed by atoms with Gasteiger partial charge in [0, 0.05) is 11.4 Å². The molecule has 1 heterocycles. The highest BCUT2D eigenvalue weighted by atomic mass is 127. The first-order valence-electron chi connectivity index (χ1n) is 8.43. The smallest absolute Gasteiger partial charge is 0.416 e. The van der Waals surface area contributed by atoms with Crippen molar-refractivity contribution >= 4 is 41.3 Å². The Labute approximate surface area is 183 Å². The maximum Gasteiger partial charge on any atom is 0.416 e. The van der Waals surface area contributed by atoms with Crippen LogP contribution in [0.5, 0.6) is 5.75 Å². The molecule has 0 bridgehead atoms. The second-order valence-corrected chi connectivity index (χ2v) is 7.10. The number of hydrogen-bond acceptors (Lipinski definition) is 4. The molecule has 1 aromatic carbocycles. The molecule has 156 valence electrons. The van der Waals surface area contributed by atoms with E-state index in [1.165, 1.54) is 19.2 Å². The number of thiazole rings is 1. The fraction of sp³-hybridized carbons (Fsp3) is 0.444. The number of nitrogens with one attached hydrogen (secondary N) is 2. The number of rotatable bonds is 6. The Bertz CT molecular complexity index is 809. The first kappa shape index (κ1) is 24.5.